The summed E-state index contributed by atoms with van der Waals surface area (Å²) in [7, 11) is 0. The fraction of sp³-hybridized carbons (Fsp3) is 0.643. The van der Waals surface area contributed by atoms with Crippen molar-refractivity contribution in [2.75, 3.05) is 31.9 Å². The molecule has 0 aliphatic carbocycles. The second kappa shape index (κ2) is 19.8. The van der Waals surface area contributed by atoms with Crippen molar-refractivity contribution >= 4 is 63.9 Å². The molecule has 2 aromatic rings. The standard InChI is InChI=1S/C42H61N9O10S/c1-5-21(2)36-39(60)45-17-35(57)49-42-19-46-29(15-33(43)55)40(61)50-18-24(53)13-31(50)32(54)12-8-10-25(22(3)23(4)52)37(58)47-28(38(59)44-16-34(56)48-36)14-27-26-9-6-7-11-30(26)51(42)41(27)62-20-42/h6-7,9,11,21-25,28-29,31,36-37,46-47,52-53,58H,5,8,10,12-20H2,1-4H3,(H2,43,55)(H,44,59)(H,45,60)(H,48,56)(H,49,57)/t21?,22-,23-,24+,25?,28?,29?,31?,36?,37?,42?/m0/s1. The van der Waals surface area contributed by atoms with E-state index in [-0.39, 0.29) is 62.6 Å². The molecule has 1 saturated heterocycles. The van der Waals surface area contributed by atoms with Crippen molar-refractivity contribution in [1.82, 2.24) is 41.4 Å². The maximum Gasteiger partial charge on any atom is 0.243 e. The number of rotatable bonds is 6. The molecule has 1 aromatic carbocycles. The zero-order valence-corrected chi connectivity index (χ0v) is 36.5. The van der Waals surface area contributed by atoms with Crippen molar-refractivity contribution in [2.45, 2.75) is 126 Å². The Morgan fingerprint density at radius 3 is 2.44 bits per heavy atom. The molecule has 4 aliphatic heterocycles. The maximum atomic E-state index is 14.4. The minimum atomic E-state index is -1.40. The fourth-order valence-electron chi connectivity index (χ4n) is 9.18. The van der Waals surface area contributed by atoms with Gasteiger partial charge >= 0.3 is 0 Å². The number of carbonyl (C=O) groups excluding carboxylic acids is 7. The molecule has 11 N–H and O–H groups in total. The van der Waals surface area contributed by atoms with E-state index in [0.29, 0.717) is 27.9 Å². The predicted molar refractivity (Wildman–Crippen MR) is 228 cm³/mol. The van der Waals surface area contributed by atoms with Gasteiger partial charge in [0.2, 0.25) is 35.4 Å². The van der Waals surface area contributed by atoms with E-state index in [1.807, 2.05) is 35.8 Å². The third-order valence-corrected chi connectivity index (χ3v) is 14.3. The van der Waals surface area contributed by atoms with Gasteiger partial charge in [-0.05, 0) is 43.2 Å². The molecule has 4 aliphatic rings. The molecule has 5 heterocycles. The SMILES string of the molecule is CCC(C)C1NC(=O)CNC(=O)C2Cc3c4n(c5ccccc35)C(CNC(CC(N)=O)C(=O)N3C[C@H](O)CC3C(=O)CCCC([C@@H](C)[C@H](C)O)C(O)N2)(CS4)NC(=O)CNC1=O. The van der Waals surface area contributed by atoms with E-state index in [1.54, 1.807) is 20.8 Å². The van der Waals surface area contributed by atoms with E-state index in [1.165, 1.54) is 16.7 Å². The van der Waals surface area contributed by atoms with Gasteiger partial charge in [-0.2, -0.15) is 0 Å². The lowest BCUT2D eigenvalue weighted by molar-refractivity contribution is -0.140. The topological polar surface area (TPSA) is 287 Å². The molecule has 20 heteroatoms. The van der Waals surface area contributed by atoms with Crippen LogP contribution in [-0.4, -0.2) is 141 Å². The monoisotopic (exact) mass is 883 g/mol. The van der Waals surface area contributed by atoms with Crippen molar-refractivity contribution < 1.29 is 48.9 Å². The normalized spacial score (nSPS) is 31.3. The van der Waals surface area contributed by atoms with Gasteiger partial charge in [-0.1, -0.05) is 45.4 Å². The molecule has 0 saturated carbocycles. The summed E-state index contributed by atoms with van der Waals surface area (Å²) >= 11 is 1.37. The van der Waals surface area contributed by atoms with E-state index >= 15 is 0 Å². The molecule has 0 radical (unpaired) electrons. The lowest BCUT2D eigenvalue weighted by atomic mass is 9.83. The van der Waals surface area contributed by atoms with Crippen LogP contribution in [0.2, 0.25) is 0 Å². The minimum absolute atomic E-state index is 0.0105. The molecule has 19 nitrogen and oxygen atoms in total. The maximum absolute atomic E-state index is 14.4. The van der Waals surface area contributed by atoms with Crippen LogP contribution in [0.25, 0.3) is 10.9 Å². The molecule has 1 fully saturated rings. The second-order valence-corrected chi connectivity index (χ2v) is 18.3. The molecule has 6 rings (SSSR count). The number of ketones is 1. The molecule has 5 bridgehead atoms. The molecule has 8 unspecified atom stereocenters. The van der Waals surface area contributed by atoms with E-state index in [2.05, 4.69) is 31.9 Å². The predicted octanol–water partition coefficient (Wildman–Crippen LogP) is -1.71. The number of hydrogen-bond acceptors (Lipinski definition) is 13. The fourth-order valence-corrected chi connectivity index (χ4v) is 10.6. The van der Waals surface area contributed by atoms with Gasteiger partial charge in [0.05, 0.1) is 60.4 Å². The quantitative estimate of drug-likeness (QED) is 0.155. The number of fused-ring (bicyclic) bond motifs is 3. The summed E-state index contributed by atoms with van der Waals surface area (Å²) in [6.45, 7) is 5.65. The number of nitrogens with zero attached hydrogens (tertiary/aromatic N) is 2. The smallest absolute Gasteiger partial charge is 0.243 e. The van der Waals surface area contributed by atoms with Crippen LogP contribution in [0.4, 0.5) is 0 Å². The number of primary amides is 1. The Morgan fingerprint density at radius 1 is 1.02 bits per heavy atom. The first-order chi connectivity index (χ1) is 29.4. The number of thioether (sulfide) groups is 1. The molecule has 6 amide bonds. The number of hydrogen-bond donors (Lipinski definition) is 10. The van der Waals surface area contributed by atoms with Crippen molar-refractivity contribution in [3.05, 3.63) is 29.8 Å². The van der Waals surface area contributed by atoms with Crippen LogP contribution in [0.3, 0.4) is 0 Å². The highest BCUT2D eigenvalue weighted by Gasteiger charge is 2.47. The Labute approximate surface area is 364 Å². The van der Waals surface area contributed by atoms with E-state index in [4.69, 9.17) is 5.73 Å². The van der Waals surface area contributed by atoms with Gasteiger partial charge in [-0.25, -0.2) is 0 Å². The minimum Gasteiger partial charge on any atom is -0.393 e. The Morgan fingerprint density at radius 2 is 1.73 bits per heavy atom. The van der Waals surface area contributed by atoms with Crippen LogP contribution in [-0.2, 0) is 45.6 Å². The summed E-state index contributed by atoms with van der Waals surface area (Å²) in [5.74, 6) is -5.66. The molecule has 11 atom stereocenters. The van der Waals surface area contributed by atoms with Gasteiger partial charge in [-0.15, -0.1) is 11.8 Å². The van der Waals surface area contributed by atoms with Crippen molar-refractivity contribution in [3.8, 4) is 0 Å². The third-order valence-electron chi connectivity index (χ3n) is 13.0. The number of aromatic nitrogens is 1. The van der Waals surface area contributed by atoms with Crippen molar-refractivity contribution in [3.63, 3.8) is 0 Å². The first-order valence-corrected chi connectivity index (χ1v) is 22.5. The summed E-state index contributed by atoms with van der Waals surface area (Å²) in [6, 6.07) is 2.83. The van der Waals surface area contributed by atoms with E-state index in [0.717, 1.165) is 0 Å². The molecular formula is C42H61N9O10S. The van der Waals surface area contributed by atoms with Crippen molar-refractivity contribution in [2.24, 2.45) is 23.5 Å². The number of Topliss-reactive ketones (excluding diaryl/α,β-unsaturated/α-hetero) is 1. The summed E-state index contributed by atoms with van der Waals surface area (Å²) < 4.78 is 1.90. The van der Waals surface area contributed by atoms with Crippen LogP contribution in [0.5, 0.6) is 0 Å². The van der Waals surface area contributed by atoms with Crippen molar-refractivity contribution in [1.29, 1.82) is 0 Å². The lowest BCUT2D eigenvalue weighted by Crippen LogP contribution is -2.61. The highest BCUT2D eigenvalue weighted by atomic mass is 32.2. The number of amides is 6. The van der Waals surface area contributed by atoms with Crippen LogP contribution in [0, 0.1) is 17.8 Å². The van der Waals surface area contributed by atoms with Gasteiger partial charge in [0.1, 0.15) is 17.9 Å². The average molecular weight is 884 g/mol. The Balaban J connectivity index is 1.53. The molecule has 340 valence electrons. The van der Waals surface area contributed by atoms with E-state index < -0.39 is 115 Å². The number of aliphatic hydroxyl groups is 3. The Bertz CT molecular complexity index is 2050. The van der Waals surface area contributed by atoms with Gasteiger partial charge in [0, 0.05) is 49.4 Å². The highest BCUT2D eigenvalue weighted by molar-refractivity contribution is 7.99. The number of nitrogens with one attached hydrogen (secondary N) is 6. The number of nitrogens with two attached hydrogens (primary N) is 1. The Hall–Kier alpha value is -4.60. The van der Waals surface area contributed by atoms with E-state index in [9.17, 15) is 48.9 Å². The zero-order chi connectivity index (χ0) is 45.0. The van der Waals surface area contributed by atoms with Crippen LogP contribution in [0.15, 0.2) is 29.3 Å². The van der Waals surface area contributed by atoms with Crippen LogP contribution < -0.4 is 37.6 Å². The molecule has 1 aromatic heterocycles. The largest absolute Gasteiger partial charge is 0.393 e. The van der Waals surface area contributed by atoms with Crippen LogP contribution in [0.1, 0.15) is 71.8 Å². The highest BCUT2D eigenvalue weighted by Crippen LogP contribution is 2.45. The summed E-state index contributed by atoms with van der Waals surface area (Å²) in [5.41, 5.74) is 5.65. The van der Waals surface area contributed by atoms with Gasteiger partial charge in [-0.3, -0.25) is 38.9 Å². The zero-order valence-electron chi connectivity index (χ0n) is 35.6. The summed E-state index contributed by atoms with van der Waals surface area (Å²) in [5, 5.41) is 52.3. The van der Waals surface area contributed by atoms with Gasteiger partial charge in [0.15, 0.2) is 5.78 Å². The summed E-state index contributed by atoms with van der Waals surface area (Å²) in [6.07, 6.45) is -2.89. The number of para-hydroxylation sites is 1. The number of aliphatic hydroxyl groups excluding tert-OH is 3. The number of benzene rings is 1. The second-order valence-electron chi connectivity index (χ2n) is 17.4. The van der Waals surface area contributed by atoms with Gasteiger partial charge < -0.3 is 57.1 Å². The number of carbonyl (C=O) groups is 7. The molecule has 62 heavy (non-hydrogen) atoms. The average Bonchev–Trinajstić information content (AvgIpc) is 3.91. The first-order valence-electron chi connectivity index (χ1n) is 21.5. The molecule has 0 spiro atoms. The van der Waals surface area contributed by atoms with Crippen LogP contribution >= 0.6 is 11.8 Å². The first kappa shape index (κ1) is 46.9. The lowest BCUT2D eigenvalue weighted by Gasteiger charge is -2.36. The third kappa shape index (κ3) is 10.1. The summed E-state index contributed by atoms with van der Waals surface area (Å²) in [4.78, 5) is 97.5. The van der Waals surface area contributed by atoms with Gasteiger partial charge in [0.25, 0.3) is 0 Å². The molecular weight excluding hydrogens is 823 g/mol. The Kier molecular flexibility index (Phi) is 15.0.